The predicted molar refractivity (Wildman–Crippen MR) is 83.3 cm³/mol. The molecule has 0 unspecified atom stereocenters. The second kappa shape index (κ2) is 7.48. The first kappa shape index (κ1) is 15.1. The summed E-state index contributed by atoms with van der Waals surface area (Å²) in [5, 5.41) is 0. The topological polar surface area (TPSA) is 35.5 Å². The van der Waals surface area contributed by atoms with E-state index < -0.39 is 0 Å². The monoisotopic (exact) mass is 284 g/mol. The van der Waals surface area contributed by atoms with Crippen LogP contribution in [0.25, 0.3) is 0 Å². The second-order valence-corrected chi connectivity index (χ2v) is 4.74. The summed E-state index contributed by atoms with van der Waals surface area (Å²) in [4.78, 5) is 11.4. The van der Waals surface area contributed by atoms with Crippen LogP contribution in [-0.2, 0) is 6.42 Å². The lowest BCUT2D eigenvalue weighted by Gasteiger charge is -2.12. The maximum absolute atomic E-state index is 11.4. The number of carbonyl (C=O) groups is 1. The van der Waals surface area contributed by atoms with Crippen molar-refractivity contribution in [3.05, 3.63) is 59.7 Å². The van der Waals surface area contributed by atoms with Crippen LogP contribution in [-0.4, -0.2) is 19.0 Å². The van der Waals surface area contributed by atoms with Crippen LogP contribution in [0.4, 0.5) is 0 Å². The van der Waals surface area contributed by atoms with Gasteiger partial charge in [-0.05, 0) is 49.2 Å². The molecule has 0 aromatic heterocycles. The van der Waals surface area contributed by atoms with Crippen molar-refractivity contribution in [2.24, 2.45) is 0 Å². The number of para-hydroxylation sites is 1. The van der Waals surface area contributed by atoms with Crippen molar-refractivity contribution in [3.63, 3.8) is 0 Å². The molecule has 0 bridgehead atoms. The van der Waals surface area contributed by atoms with Crippen molar-refractivity contribution >= 4 is 5.78 Å². The fraction of sp³-hybridized carbons (Fsp3) is 0.278. The van der Waals surface area contributed by atoms with Crippen LogP contribution in [0.5, 0.6) is 11.5 Å². The van der Waals surface area contributed by atoms with E-state index in [9.17, 15) is 4.79 Å². The Balaban J connectivity index is 1.89. The van der Waals surface area contributed by atoms with Crippen molar-refractivity contribution in [2.45, 2.75) is 20.3 Å². The van der Waals surface area contributed by atoms with Gasteiger partial charge in [-0.3, -0.25) is 4.79 Å². The Morgan fingerprint density at radius 2 is 1.71 bits per heavy atom. The molecule has 0 radical (unpaired) electrons. The molecule has 0 atom stereocenters. The summed E-state index contributed by atoms with van der Waals surface area (Å²) in [7, 11) is 0. The number of ketones is 1. The van der Waals surface area contributed by atoms with Gasteiger partial charge in [0.05, 0.1) is 0 Å². The number of ether oxygens (including phenoxy) is 2. The number of carbonyl (C=O) groups excluding carboxylic acids is 1. The Labute approximate surface area is 125 Å². The van der Waals surface area contributed by atoms with Crippen LogP contribution in [0.3, 0.4) is 0 Å². The average molecular weight is 284 g/mol. The van der Waals surface area contributed by atoms with E-state index >= 15 is 0 Å². The Kier molecular flexibility index (Phi) is 5.38. The first-order chi connectivity index (χ1) is 10.2. The summed E-state index contributed by atoms with van der Waals surface area (Å²) in [5.41, 5.74) is 1.77. The highest BCUT2D eigenvalue weighted by atomic mass is 16.5. The Morgan fingerprint density at radius 1 is 1.00 bits per heavy atom. The van der Waals surface area contributed by atoms with Gasteiger partial charge < -0.3 is 9.47 Å². The summed E-state index contributed by atoms with van der Waals surface area (Å²) in [6.45, 7) is 4.58. The molecular weight excluding hydrogens is 264 g/mol. The zero-order chi connectivity index (χ0) is 15.1. The molecule has 0 saturated heterocycles. The minimum atomic E-state index is 0.0728. The minimum Gasteiger partial charge on any atom is -0.490 e. The molecule has 2 aromatic carbocycles. The van der Waals surface area contributed by atoms with E-state index in [0.717, 1.165) is 29.0 Å². The highest BCUT2D eigenvalue weighted by Gasteiger charge is 2.06. The lowest BCUT2D eigenvalue weighted by Crippen LogP contribution is -2.10. The van der Waals surface area contributed by atoms with E-state index in [1.165, 1.54) is 0 Å². The molecule has 0 spiro atoms. The zero-order valence-corrected chi connectivity index (χ0v) is 12.5. The highest BCUT2D eigenvalue weighted by molar-refractivity contribution is 5.94. The van der Waals surface area contributed by atoms with Crippen molar-refractivity contribution in [1.29, 1.82) is 0 Å². The molecule has 110 valence electrons. The van der Waals surface area contributed by atoms with Gasteiger partial charge in [-0.1, -0.05) is 25.1 Å². The van der Waals surface area contributed by atoms with Gasteiger partial charge in [0.2, 0.25) is 0 Å². The molecule has 0 heterocycles. The van der Waals surface area contributed by atoms with Gasteiger partial charge in [0, 0.05) is 5.56 Å². The molecule has 0 amide bonds. The van der Waals surface area contributed by atoms with Gasteiger partial charge >= 0.3 is 0 Å². The lowest BCUT2D eigenvalue weighted by molar-refractivity contribution is 0.101. The minimum absolute atomic E-state index is 0.0728. The molecule has 21 heavy (non-hydrogen) atoms. The van der Waals surface area contributed by atoms with Crippen molar-refractivity contribution < 1.29 is 14.3 Å². The number of benzene rings is 2. The number of aryl methyl sites for hydroxylation is 1. The molecule has 2 aromatic rings. The van der Waals surface area contributed by atoms with Gasteiger partial charge in [-0.15, -0.1) is 0 Å². The molecule has 3 nitrogen and oxygen atoms in total. The molecule has 0 aliphatic heterocycles. The quantitative estimate of drug-likeness (QED) is 0.571. The number of hydrogen-bond donors (Lipinski definition) is 0. The number of Topliss-reactive ketones (excluding diaryl/α,β-unsaturated/α-hetero) is 1. The molecule has 3 heteroatoms. The van der Waals surface area contributed by atoms with Crippen LogP contribution < -0.4 is 9.47 Å². The Hall–Kier alpha value is -2.29. The van der Waals surface area contributed by atoms with E-state index in [0.29, 0.717) is 13.2 Å². The molecule has 0 saturated carbocycles. The van der Waals surface area contributed by atoms with Gasteiger partial charge in [-0.2, -0.15) is 0 Å². The fourth-order valence-corrected chi connectivity index (χ4v) is 2.04. The predicted octanol–water partition coefficient (Wildman–Crippen LogP) is 3.91. The van der Waals surface area contributed by atoms with Crippen LogP contribution in [0, 0.1) is 0 Å². The third kappa shape index (κ3) is 4.35. The van der Waals surface area contributed by atoms with Gasteiger partial charge in [0.25, 0.3) is 0 Å². The zero-order valence-electron chi connectivity index (χ0n) is 12.5. The van der Waals surface area contributed by atoms with Crippen LogP contribution in [0.2, 0.25) is 0 Å². The standard InChI is InChI=1S/C18H20O3/c1-3-15-13-16(14(2)19)9-10-18(15)21-12-11-20-17-7-5-4-6-8-17/h4-10,13H,3,11-12H2,1-2H3. The SMILES string of the molecule is CCc1cc(C(C)=O)ccc1OCCOc1ccccc1. The van der Waals surface area contributed by atoms with E-state index in [-0.39, 0.29) is 5.78 Å². The van der Waals surface area contributed by atoms with Gasteiger partial charge in [-0.25, -0.2) is 0 Å². The lowest BCUT2D eigenvalue weighted by atomic mass is 10.1. The summed E-state index contributed by atoms with van der Waals surface area (Å²) in [6, 6.07) is 15.2. The Bertz CT molecular complexity index is 591. The molecular formula is C18H20O3. The van der Waals surface area contributed by atoms with E-state index in [1.54, 1.807) is 13.0 Å². The molecule has 2 rings (SSSR count). The summed E-state index contributed by atoms with van der Waals surface area (Å²) >= 11 is 0. The third-order valence-electron chi connectivity index (χ3n) is 3.20. The fourth-order valence-electron chi connectivity index (χ4n) is 2.04. The summed E-state index contributed by atoms with van der Waals surface area (Å²) in [6.07, 6.45) is 0.829. The van der Waals surface area contributed by atoms with Gasteiger partial charge in [0.1, 0.15) is 24.7 Å². The van der Waals surface area contributed by atoms with Crippen molar-refractivity contribution in [2.75, 3.05) is 13.2 Å². The molecule has 0 aliphatic rings. The van der Waals surface area contributed by atoms with Crippen LogP contribution in [0.1, 0.15) is 29.8 Å². The molecule has 0 aliphatic carbocycles. The normalized spacial score (nSPS) is 10.2. The second-order valence-electron chi connectivity index (χ2n) is 4.74. The maximum Gasteiger partial charge on any atom is 0.159 e. The number of rotatable bonds is 7. The van der Waals surface area contributed by atoms with Crippen molar-refractivity contribution in [1.82, 2.24) is 0 Å². The van der Waals surface area contributed by atoms with Crippen molar-refractivity contribution in [3.8, 4) is 11.5 Å². The molecule has 0 fully saturated rings. The van der Waals surface area contributed by atoms with Gasteiger partial charge in [0.15, 0.2) is 5.78 Å². The average Bonchev–Trinajstić information content (AvgIpc) is 2.52. The van der Waals surface area contributed by atoms with E-state index in [4.69, 9.17) is 9.47 Å². The largest absolute Gasteiger partial charge is 0.490 e. The van der Waals surface area contributed by atoms with Crippen LogP contribution in [0.15, 0.2) is 48.5 Å². The Morgan fingerprint density at radius 3 is 2.38 bits per heavy atom. The van der Waals surface area contributed by atoms with E-state index in [2.05, 4.69) is 0 Å². The van der Waals surface area contributed by atoms with E-state index in [1.807, 2.05) is 49.4 Å². The summed E-state index contributed by atoms with van der Waals surface area (Å²) < 4.78 is 11.3. The highest BCUT2D eigenvalue weighted by Crippen LogP contribution is 2.21. The third-order valence-corrected chi connectivity index (χ3v) is 3.20. The first-order valence-electron chi connectivity index (χ1n) is 7.15. The molecule has 0 N–H and O–H groups in total. The first-order valence-corrected chi connectivity index (χ1v) is 7.15. The maximum atomic E-state index is 11.4. The number of hydrogen-bond acceptors (Lipinski definition) is 3. The van der Waals surface area contributed by atoms with Crippen LogP contribution >= 0.6 is 0 Å². The smallest absolute Gasteiger partial charge is 0.159 e. The summed E-state index contributed by atoms with van der Waals surface area (Å²) in [5.74, 6) is 1.73.